The lowest BCUT2D eigenvalue weighted by Gasteiger charge is -2.31. The van der Waals surface area contributed by atoms with E-state index in [1.807, 2.05) is 0 Å². The number of likely N-dealkylation sites (N-methyl/N-ethyl adjacent to an activating group) is 1. The van der Waals surface area contributed by atoms with Crippen LogP contribution in [0, 0.1) is 0 Å². The Kier molecular flexibility index (Phi) is 5.40. The zero-order valence-corrected chi connectivity index (χ0v) is 9.45. The second kappa shape index (κ2) is 6.35. The molecule has 0 amide bonds. The molecule has 0 aromatic carbocycles. The van der Waals surface area contributed by atoms with Gasteiger partial charge in [-0.1, -0.05) is 0 Å². The van der Waals surface area contributed by atoms with Crippen LogP contribution >= 0.6 is 0 Å². The summed E-state index contributed by atoms with van der Waals surface area (Å²) in [4.78, 5) is 2.28. The monoisotopic (exact) mass is 202 g/mol. The van der Waals surface area contributed by atoms with Crippen LogP contribution in [0.3, 0.4) is 0 Å². The highest BCUT2D eigenvalue weighted by atomic mass is 16.5. The molecule has 0 radical (unpaired) electrons. The molecule has 84 valence electrons. The topological polar surface area (TPSA) is 33.7 Å². The van der Waals surface area contributed by atoms with Gasteiger partial charge in [0, 0.05) is 32.8 Å². The van der Waals surface area contributed by atoms with Crippen molar-refractivity contribution < 1.29 is 9.47 Å². The largest absolute Gasteiger partial charge is 0.383 e. The van der Waals surface area contributed by atoms with Gasteiger partial charge in [0.2, 0.25) is 0 Å². The summed E-state index contributed by atoms with van der Waals surface area (Å²) >= 11 is 0. The molecule has 1 fully saturated rings. The minimum Gasteiger partial charge on any atom is -0.383 e. The van der Waals surface area contributed by atoms with Crippen molar-refractivity contribution in [2.24, 2.45) is 0 Å². The third-order valence-electron chi connectivity index (χ3n) is 2.66. The van der Waals surface area contributed by atoms with Crippen LogP contribution < -0.4 is 5.32 Å². The Bertz CT molecular complexity index is 149. The normalized spacial score (nSPS) is 25.3. The average molecular weight is 202 g/mol. The zero-order chi connectivity index (χ0) is 10.4. The number of morpholine rings is 1. The van der Waals surface area contributed by atoms with E-state index in [2.05, 4.69) is 24.2 Å². The number of hydrogen-bond acceptors (Lipinski definition) is 4. The minimum atomic E-state index is 0.327. The third kappa shape index (κ3) is 3.92. The molecule has 0 aliphatic carbocycles. The third-order valence-corrected chi connectivity index (χ3v) is 2.66. The van der Waals surface area contributed by atoms with E-state index >= 15 is 0 Å². The highest BCUT2D eigenvalue weighted by Gasteiger charge is 2.18. The van der Waals surface area contributed by atoms with Gasteiger partial charge in [-0.05, 0) is 14.0 Å². The average Bonchev–Trinajstić information content (AvgIpc) is 2.19. The summed E-state index contributed by atoms with van der Waals surface area (Å²) < 4.78 is 10.7. The molecular weight excluding hydrogens is 180 g/mol. The van der Waals surface area contributed by atoms with Gasteiger partial charge in [0.1, 0.15) is 0 Å². The lowest BCUT2D eigenvalue weighted by Crippen LogP contribution is -2.47. The van der Waals surface area contributed by atoms with Crippen molar-refractivity contribution in [2.75, 3.05) is 47.0 Å². The van der Waals surface area contributed by atoms with Crippen molar-refractivity contribution in [3.63, 3.8) is 0 Å². The van der Waals surface area contributed by atoms with E-state index in [0.29, 0.717) is 12.1 Å². The molecule has 0 saturated carbocycles. The first-order valence-corrected chi connectivity index (χ1v) is 5.25. The van der Waals surface area contributed by atoms with E-state index in [1.165, 1.54) is 0 Å². The molecule has 2 unspecified atom stereocenters. The van der Waals surface area contributed by atoms with Gasteiger partial charge in [0.25, 0.3) is 0 Å². The van der Waals surface area contributed by atoms with Crippen molar-refractivity contribution in [3.8, 4) is 0 Å². The molecule has 4 nitrogen and oxygen atoms in total. The summed E-state index contributed by atoms with van der Waals surface area (Å²) in [5.74, 6) is 0. The van der Waals surface area contributed by atoms with Crippen LogP contribution in [-0.4, -0.2) is 64.1 Å². The predicted octanol–water partition coefficient (Wildman–Crippen LogP) is -0.0585. The summed E-state index contributed by atoms with van der Waals surface area (Å²) in [5.41, 5.74) is 0. The Morgan fingerprint density at radius 3 is 3.00 bits per heavy atom. The van der Waals surface area contributed by atoms with Crippen LogP contribution in [0.5, 0.6) is 0 Å². The van der Waals surface area contributed by atoms with Crippen LogP contribution in [0.4, 0.5) is 0 Å². The summed E-state index contributed by atoms with van der Waals surface area (Å²) in [6, 6.07) is 0.450. The van der Waals surface area contributed by atoms with Gasteiger partial charge in [-0.25, -0.2) is 0 Å². The molecule has 1 rings (SSSR count). The SMILES string of the molecule is COCC(C)N(C)CC1CNCCO1. The van der Waals surface area contributed by atoms with Crippen molar-refractivity contribution in [3.05, 3.63) is 0 Å². The molecule has 1 saturated heterocycles. The summed E-state index contributed by atoms with van der Waals surface area (Å²) in [7, 11) is 3.85. The molecule has 0 aromatic heterocycles. The molecule has 2 atom stereocenters. The van der Waals surface area contributed by atoms with Crippen molar-refractivity contribution >= 4 is 0 Å². The van der Waals surface area contributed by atoms with Crippen molar-refractivity contribution in [1.29, 1.82) is 0 Å². The predicted molar refractivity (Wildman–Crippen MR) is 56.6 cm³/mol. The molecule has 0 spiro atoms. The second-order valence-electron chi connectivity index (χ2n) is 3.94. The van der Waals surface area contributed by atoms with E-state index in [0.717, 1.165) is 32.8 Å². The summed E-state index contributed by atoms with van der Waals surface area (Å²) in [5, 5.41) is 3.33. The number of ether oxygens (including phenoxy) is 2. The number of nitrogens with one attached hydrogen (secondary N) is 1. The maximum Gasteiger partial charge on any atom is 0.0826 e. The number of nitrogens with zero attached hydrogens (tertiary/aromatic N) is 1. The van der Waals surface area contributed by atoms with E-state index in [4.69, 9.17) is 9.47 Å². The molecule has 14 heavy (non-hydrogen) atoms. The van der Waals surface area contributed by atoms with Crippen molar-refractivity contribution in [2.45, 2.75) is 19.1 Å². The lowest BCUT2D eigenvalue weighted by molar-refractivity contribution is -0.00278. The first-order valence-electron chi connectivity index (χ1n) is 5.25. The van der Waals surface area contributed by atoms with E-state index in [1.54, 1.807) is 7.11 Å². The van der Waals surface area contributed by atoms with Gasteiger partial charge in [-0.3, -0.25) is 4.90 Å². The number of methoxy groups -OCH3 is 1. The Morgan fingerprint density at radius 2 is 2.43 bits per heavy atom. The Labute approximate surface area is 86.6 Å². The van der Waals surface area contributed by atoms with Gasteiger partial charge in [-0.15, -0.1) is 0 Å². The second-order valence-corrected chi connectivity index (χ2v) is 3.94. The highest BCUT2D eigenvalue weighted by Crippen LogP contribution is 2.02. The smallest absolute Gasteiger partial charge is 0.0826 e. The molecule has 1 heterocycles. The Morgan fingerprint density at radius 1 is 1.64 bits per heavy atom. The highest BCUT2D eigenvalue weighted by molar-refractivity contribution is 4.73. The zero-order valence-electron chi connectivity index (χ0n) is 9.45. The Hall–Kier alpha value is -0.160. The molecule has 4 heteroatoms. The maximum atomic E-state index is 5.63. The van der Waals surface area contributed by atoms with E-state index in [-0.39, 0.29) is 0 Å². The van der Waals surface area contributed by atoms with Gasteiger partial charge in [0.05, 0.1) is 19.3 Å². The fourth-order valence-electron chi connectivity index (χ4n) is 1.61. The summed E-state index contributed by atoms with van der Waals surface area (Å²) in [6.07, 6.45) is 0.327. The standard InChI is InChI=1S/C10H22N2O2/c1-9(8-13-3)12(2)7-10-6-11-4-5-14-10/h9-11H,4-8H2,1-3H3. The molecular formula is C10H22N2O2. The summed E-state index contributed by atoms with van der Waals surface area (Å²) in [6.45, 7) is 6.68. The number of hydrogen-bond donors (Lipinski definition) is 1. The first-order chi connectivity index (χ1) is 6.74. The van der Waals surface area contributed by atoms with Crippen LogP contribution in [-0.2, 0) is 9.47 Å². The quantitative estimate of drug-likeness (QED) is 0.677. The molecule has 1 aliphatic heterocycles. The maximum absolute atomic E-state index is 5.63. The van der Waals surface area contributed by atoms with Gasteiger partial charge in [-0.2, -0.15) is 0 Å². The van der Waals surface area contributed by atoms with Crippen LogP contribution in [0.1, 0.15) is 6.92 Å². The van der Waals surface area contributed by atoms with Crippen molar-refractivity contribution in [1.82, 2.24) is 10.2 Å². The van der Waals surface area contributed by atoms with E-state index in [9.17, 15) is 0 Å². The molecule has 0 aromatic rings. The number of rotatable bonds is 5. The lowest BCUT2D eigenvalue weighted by atomic mass is 10.2. The fraction of sp³-hybridized carbons (Fsp3) is 1.00. The van der Waals surface area contributed by atoms with Gasteiger partial charge in [0.15, 0.2) is 0 Å². The van der Waals surface area contributed by atoms with Crippen LogP contribution in [0.25, 0.3) is 0 Å². The molecule has 0 bridgehead atoms. The Balaban J connectivity index is 2.20. The minimum absolute atomic E-state index is 0.327. The van der Waals surface area contributed by atoms with Crippen LogP contribution in [0.2, 0.25) is 0 Å². The molecule has 1 aliphatic rings. The fourth-order valence-corrected chi connectivity index (χ4v) is 1.61. The van der Waals surface area contributed by atoms with Gasteiger partial charge < -0.3 is 14.8 Å². The van der Waals surface area contributed by atoms with E-state index < -0.39 is 0 Å². The first kappa shape index (κ1) is 11.9. The van der Waals surface area contributed by atoms with Crippen LogP contribution in [0.15, 0.2) is 0 Å². The molecule has 1 N–H and O–H groups in total. The van der Waals surface area contributed by atoms with Gasteiger partial charge >= 0.3 is 0 Å².